The molecule has 3 rings (SSSR count). The predicted molar refractivity (Wildman–Crippen MR) is 83.5 cm³/mol. The lowest BCUT2D eigenvalue weighted by Crippen LogP contribution is -1.89. The summed E-state index contributed by atoms with van der Waals surface area (Å²) in [6.07, 6.45) is 0. The summed E-state index contributed by atoms with van der Waals surface area (Å²) in [5.41, 5.74) is 4.55. The largest absolute Gasteiger partial charge is 0.363 e. The number of aryl methyl sites for hydroxylation is 2. The lowest BCUT2D eigenvalue weighted by Gasteiger charge is -2.00. The van der Waals surface area contributed by atoms with Crippen molar-refractivity contribution in [1.29, 1.82) is 0 Å². The van der Waals surface area contributed by atoms with E-state index in [4.69, 9.17) is 4.42 Å². The topological polar surface area (TPSA) is 11.3 Å². The zero-order valence-corrected chi connectivity index (χ0v) is 11.8. The van der Waals surface area contributed by atoms with Crippen LogP contribution in [0, 0.1) is 13.8 Å². The van der Waals surface area contributed by atoms with E-state index in [1.165, 1.54) is 0 Å². The van der Waals surface area contributed by atoms with Crippen molar-refractivity contribution in [3.63, 3.8) is 0 Å². The van der Waals surface area contributed by atoms with Gasteiger partial charge in [-0.2, -0.15) is 0 Å². The van der Waals surface area contributed by atoms with Crippen LogP contribution in [0.3, 0.4) is 0 Å². The van der Waals surface area contributed by atoms with Gasteiger partial charge in [-0.3, -0.25) is 0 Å². The Kier molecular flexibility index (Phi) is 3.34. The first-order chi connectivity index (χ1) is 9.75. The van der Waals surface area contributed by atoms with E-state index in [9.17, 15) is 0 Å². The summed E-state index contributed by atoms with van der Waals surface area (Å²) in [6, 6.07) is 22.7. The summed E-state index contributed by atoms with van der Waals surface area (Å²) in [4.78, 5) is 0. The highest BCUT2D eigenvalue weighted by molar-refractivity contribution is 5.67. The summed E-state index contributed by atoms with van der Waals surface area (Å²) in [7, 11) is 0. The van der Waals surface area contributed by atoms with E-state index in [0.29, 0.717) is 0 Å². The Labute approximate surface area is 119 Å². The minimum Gasteiger partial charge on any atom is -0.206 e. The summed E-state index contributed by atoms with van der Waals surface area (Å²) in [6.45, 7) is 4.18. The van der Waals surface area contributed by atoms with Gasteiger partial charge in [0.1, 0.15) is 0 Å². The van der Waals surface area contributed by atoms with Crippen LogP contribution in [0.2, 0.25) is 0 Å². The fourth-order valence-corrected chi connectivity index (χ4v) is 2.47. The van der Waals surface area contributed by atoms with Crippen molar-refractivity contribution >= 4 is 0 Å². The Morgan fingerprint density at radius 2 is 1.00 bits per heavy atom. The summed E-state index contributed by atoms with van der Waals surface area (Å²) in [5, 5.41) is 0. The molecule has 98 valence electrons. The Hall–Kier alpha value is -2.41. The zero-order chi connectivity index (χ0) is 13.9. The van der Waals surface area contributed by atoms with E-state index in [2.05, 4.69) is 44.2 Å². The van der Waals surface area contributed by atoms with Crippen molar-refractivity contribution < 1.29 is 4.42 Å². The molecule has 0 amide bonds. The van der Waals surface area contributed by atoms with E-state index < -0.39 is 0 Å². The Morgan fingerprint density at radius 3 is 1.40 bits per heavy atom. The first-order valence-corrected chi connectivity index (χ1v) is 6.81. The Morgan fingerprint density at radius 1 is 0.600 bits per heavy atom. The highest BCUT2D eigenvalue weighted by Crippen LogP contribution is 2.31. The third kappa shape index (κ3) is 2.35. The molecule has 0 radical (unpaired) electrons. The maximum atomic E-state index is 6.21. The van der Waals surface area contributed by atoms with Crippen LogP contribution < -0.4 is 0 Å². The molecule has 1 heteroatoms. The van der Waals surface area contributed by atoms with Crippen molar-refractivity contribution in [3.8, 4) is 22.6 Å². The number of hydrogen-bond donors (Lipinski definition) is 0. The molecule has 0 N–H and O–H groups in total. The second-order valence-electron chi connectivity index (χ2n) is 5.00. The number of benzene rings is 2. The standard InChI is InChI=1S/C19H17O/c1-14-13-15(2)19(17-11-7-4-8-12-17)20-18(14)16-9-5-3-6-10-16/h3-13H,1-2H3/q+1. The zero-order valence-electron chi connectivity index (χ0n) is 11.8. The average molecular weight is 261 g/mol. The molecule has 0 aliphatic carbocycles. The first kappa shape index (κ1) is 12.6. The van der Waals surface area contributed by atoms with Crippen LogP contribution in [-0.2, 0) is 0 Å². The van der Waals surface area contributed by atoms with Crippen LogP contribution in [0.15, 0.2) is 71.1 Å². The van der Waals surface area contributed by atoms with Gasteiger partial charge in [-0.25, -0.2) is 4.42 Å². The highest BCUT2D eigenvalue weighted by Gasteiger charge is 2.22. The van der Waals surface area contributed by atoms with E-state index in [0.717, 1.165) is 33.8 Å². The molecule has 2 aromatic carbocycles. The average Bonchev–Trinajstić information content (AvgIpc) is 2.49. The van der Waals surface area contributed by atoms with Gasteiger partial charge < -0.3 is 0 Å². The van der Waals surface area contributed by atoms with Gasteiger partial charge in [0.25, 0.3) is 0 Å². The SMILES string of the molecule is Cc1cc(C)c(-c2ccccc2)[o+]c1-c1ccccc1. The van der Waals surface area contributed by atoms with Gasteiger partial charge in [-0.1, -0.05) is 36.4 Å². The van der Waals surface area contributed by atoms with Crippen LogP contribution in [0.5, 0.6) is 0 Å². The molecule has 3 aromatic rings. The van der Waals surface area contributed by atoms with Crippen molar-refractivity contribution in [2.75, 3.05) is 0 Å². The number of hydrogen-bond acceptors (Lipinski definition) is 0. The molecule has 0 unspecified atom stereocenters. The summed E-state index contributed by atoms with van der Waals surface area (Å²) < 4.78 is 6.21. The van der Waals surface area contributed by atoms with Crippen molar-refractivity contribution in [3.05, 3.63) is 77.9 Å². The molecular formula is C19H17O+. The first-order valence-electron chi connectivity index (χ1n) is 6.81. The molecule has 0 saturated carbocycles. The van der Waals surface area contributed by atoms with Gasteiger partial charge in [0.2, 0.25) is 0 Å². The van der Waals surface area contributed by atoms with Gasteiger partial charge in [-0.15, -0.1) is 0 Å². The van der Waals surface area contributed by atoms with E-state index in [1.54, 1.807) is 0 Å². The monoisotopic (exact) mass is 261 g/mol. The van der Waals surface area contributed by atoms with Crippen molar-refractivity contribution in [2.24, 2.45) is 0 Å². The summed E-state index contributed by atoms with van der Waals surface area (Å²) in [5.74, 6) is 1.88. The fraction of sp³-hybridized carbons (Fsp3) is 0.105. The molecule has 0 fully saturated rings. The molecule has 0 aliphatic heterocycles. The summed E-state index contributed by atoms with van der Waals surface area (Å²) >= 11 is 0. The predicted octanol–water partition coefficient (Wildman–Crippen LogP) is 5.51. The van der Waals surface area contributed by atoms with Crippen LogP contribution in [-0.4, -0.2) is 0 Å². The van der Waals surface area contributed by atoms with Crippen molar-refractivity contribution in [2.45, 2.75) is 13.8 Å². The maximum absolute atomic E-state index is 6.21. The van der Waals surface area contributed by atoms with Crippen molar-refractivity contribution in [1.82, 2.24) is 0 Å². The Bertz CT molecular complexity index is 655. The van der Waals surface area contributed by atoms with Gasteiger partial charge in [0.05, 0.1) is 22.3 Å². The van der Waals surface area contributed by atoms with Gasteiger partial charge >= 0.3 is 11.5 Å². The lowest BCUT2D eigenvalue weighted by molar-refractivity contribution is 0.573. The van der Waals surface area contributed by atoms with Crippen LogP contribution in [0.1, 0.15) is 11.1 Å². The number of rotatable bonds is 2. The molecule has 1 nitrogen and oxygen atoms in total. The van der Waals surface area contributed by atoms with E-state index in [1.807, 2.05) is 36.4 Å². The van der Waals surface area contributed by atoms with Crippen LogP contribution >= 0.6 is 0 Å². The third-order valence-corrected chi connectivity index (χ3v) is 3.43. The molecule has 20 heavy (non-hydrogen) atoms. The third-order valence-electron chi connectivity index (χ3n) is 3.43. The molecule has 1 aromatic heterocycles. The lowest BCUT2D eigenvalue weighted by atomic mass is 10.0. The van der Waals surface area contributed by atoms with Crippen LogP contribution in [0.4, 0.5) is 0 Å². The highest BCUT2D eigenvalue weighted by atomic mass is 16.3. The normalized spacial score (nSPS) is 10.5. The smallest absolute Gasteiger partial charge is 0.206 e. The Balaban J connectivity index is 2.19. The fourth-order valence-electron chi connectivity index (χ4n) is 2.47. The molecule has 0 spiro atoms. The van der Waals surface area contributed by atoms with E-state index in [-0.39, 0.29) is 0 Å². The van der Waals surface area contributed by atoms with Gasteiger partial charge in [-0.05, 0) is 44.2 Å². The van der Waals surface area contributed by atoms with Gasteiger partial charge in [0.15, 0.2) is 0 Å². The molecule has 1 heterocycles. The molecule has 0 atom stereocenters. The molecule has 0 saturated heterocycles. The second-order valence-corrected chi connectivity index (χ2v) is 5.00. The maximum Gasteiger partial charge on any atom is 0.363 e. The molecular weight excluding hydrogens is 244 g/mol. The quantitative estimate of drug-likeness (QED) is 0.553. The second kappa shape index (κ2) is 5.30. The van der Waals surface area contributed by atoms with Crippen LogP contribution in [0.25, 0.3) is 22.6 Å². The minimum atomic E-state index is 0.940. The van der Waals surface area contributed by atoms with Gasteiger partial charge in [0, 0.05) is 0 Å². The van der Waals surface area contributed by atoms with E-state index >= 15 is 0 Å². The minimum absolute atomic E-state index is 0.940. The molecule has 0 bridgehead atoms. The molecule has 0 aliphatic rings.